The molecular formula is C17H24FN3O2. The number of fused-ring (bicyclic) bond motifs is 1. The zero-order valence-corrected chi connectivity index (χ0v) is 13.9. The molecule has 2 aliphatic rings. The smallest absolute Gasteiger partial charge is 0.272 e. The molecule has 5 nitrogen and oxygen atoms in total. The van der Waals surface area contributed by atoms with E-state index in [2.05, 4.69) is 24.0 Å². The molecule has 1 saturated heterocycles. The highest BCUT2D eigenvalue weighted by Crippen LogP contribution is 2.39. The van der Waals surface area contributed by atoms with Crippen LogP contribution in [0.2, 0.25) is 0 Å². The number of methoxy groups -OCH3 is 1. The highest BCUT2D eigenvalue weighted by molar-refractivity contribution is 5.92. The van der Waals surface area contributed by atoms with E-state index in [9.17, 15) is 9.18 Å². The van der Waals surface area contributed by atoms with E-state index in [-0.39, 0.29) is 12.0 Å². The molecule has 0 bridgehead atoms. The van der Waals surface area contributed by atoms with E-state index in [1.807, 2.05) is 4.90 Å². The number of carbonyl (C=O) groups excluding carboxylic acids is 1. The van der Waals surface area contributed by atoms with Gasteiger partial charge in [0.15, 0.2) is 0 Å². The highest BCUT2D eigenvalue weighted by atomic mass is 19.1. The number of carbonyl (C=O) groups is 1. The standard InChI is InChI=1S/C17H24FN3O2/c1-20(2)15-6-11-9-21(10-12(11)7-16(15)23-3)17(22)14-5-4-13(18)8-19-14/h4-5,8,11-12,15-16H,6-7,9-10H2,1-3H3/t11-,12+,15-,16-/m1/s1. The van der Waals surface area contributed by atoms with Crippen molar-refractivity contribution in [3.63, 3.8) is 0 Å². The van der Waals surface area contributed by atoms with Gasteiger partial charge in [0.1, 0.15) is 11.5 Å². The van der Waals surface area contributed by atoms with Crippen LogP contribution in [0.3, 0.4) is 0 Å². The van der Waals surface area contributed by atoms with Crippen LogP contribution in [0.15, 0.2) is 18.3 Å². The highest BCUT2D eigenvalue weighted by Gasteiger charge is 2.44. The molecule has 1 amide bonds. The van der Waals surface area contributed by atoms with Gasteiger partial charge in [0, 0.05) is 26.2 Å². The van der Waals surface area contributed by atoms with Crippen LogP contribution in [-0.2, 0) is 4.74 Å². The summed E-state index contributed by atoms with van der Waals surface area (Å²) < 4.78 is 18.6. The summed E-state index contributed by atoms with van der Waals surface area (Å²) in [6, 6.07) is 3.13. The van der Waals surface area contributed by atoms with Crippen molar-refractivity contribution in [2.45, 2.75) is 25.0 Å². The summed E-state index contributed by atoms with van der Waals surface area (Å²) in [5, 5.41) is 0. The van der Waals surface area contributed by atoms with Gasteiger partial charge in [0.05, 0.1) is 12.3 Å². The molecular weight excluding hydrogens is 297 g/mol. The van der Waals surface area contributed by atoms with Crippen LogP contribution in [0, 0.1) is 17.7 Å². The molecule has 0 unspecified atom stereocenters. The van der Waals surface area contributed by atoms with E-state index >= 15 is 0 Å². The van der Waals surface area contributed by atoms with Crippen LogP contribution in [0.1, 0.15) is 23.3 Å². The lowest BCUT2D eigenvalue weighted by Gasteiger charge is -2.40. The maximum atomic E-state index is 13.0. The van der Waals surface area contributed by atoms with Gasteiger partial charge in [-0.2, -0.15) is 0 Å². The van der Waals surface area contributed by atoms with Crippen LogP contribution >= 0.6 is 0 Å². The average molecular weight is 321 g/mol. The van der Waals surface area contributed by atoms with Crippen LogP contribution in [0.25, 0.3) is 0 Å². The molecule has 2 fully saturated rings. The fourth-order valence-corrected chi connectivity index (χ4v) is 4.02. The predicted octanol–water partition coefficient (Wildman–Crippen LogP) is 1.65. The summed E-state index contributed by atoms with van der Waals surface area (Å²) in [6.07, 6.45) is 3.33. The number of likely N-dealkylation sites (N-methyl/N-ethyl adjacent to an activating group) is 1. The maximum Gasteiger partial charge on any atom is 0.272 e. The molecule has 1 aliphatic carbocycles. The summed E-state index contributed by atoms with van der Waals surface area (Å²) in [7, 11) is 5.93. The number of nitrogens with zero attached hydrogens (tertiary/aromatic N) is 3. The predicted molar refractivity (Wildman–Crippen MR) is 84.6 cm³/mol. The molecule has 2 heterocycles. The molecule has 4 atom stereocenters. The second-order valence-corrected chi connectivity index (χ2v) is 6.87. The van der Waals surface area contributed by atoms with E-state index in [1.165, 1.54) is 12.1 Å². The molecule has 1 aromatic heterocycles. The topological polar surface area (TPSA) is 45.7 Å². The fraction of sp³-hybridized carbons (Fsp3) is 0.647. The molecule has 0 spiro atoms. The Balaban J connectivity index is 1.70. The molecule has 0 N–H and O–H groups in total. The minimum Gasteiger partial charge on any atom is -0.380 e. The van der Waals surface area contributed by atoms with Crippen molar-refractivity contribution in [3.05, 3.63) is 29.8 Å². The van der Waals surface area contributed by atoms with Crippen molar-refractivity contribution in [3.8, 4) is 0 Å². The number of ether oxygens (including phenoxy) is 1. The maximum absolute atomic E-state index is 13.0. The number of pyridine rings is 1. The van der Waals surface area contributed by atoms with Crippen molar-refractivity contribution in [2.75, 3.05) is 34.3 Å². The van der Waals surface area contributed by atoms with Crippen molar-refractivity contribution in [1.82, 2.24) is 14.8 Å². The summed E-state index contributed by atoms with van der Waals surface area (Å²) in [5.74, 6) is 0.446. The van der Waals surface area contributed by atoms with E-state index in [0.717, 1.165) is 32.1 Å². The van der Waals surface area contributed by atoms with Crippen molar-refractivity contribution >= 4 is 5.91 Å². The quantitative estimate of drug-likeness (QED) is 0.849. The number of aromatic nitrogens is 1. The Labute approximate surface area is 136 Å². The Hall–Kier alpha value is -1.53. The van der Waals surface area contributed by atoms with Gasteiger partial charge in [-0.25, -0.2) is 9.37 Å². The number of hydrogen-bond acceptors (Lipinski definition) is 4. The van der Waals surface area contributed by atoms with Gasteiger partial charge in [-0.05, 0) is 50.9 Å². The van der Waals surface area contributed by atoms with E-state index in [1.54, 1.807) is 7.11 Å². The summed E-state index contributed by atoms with van der Waals surface area (Å²) >= 11 is 0. The Bertz CT molecular complexity index is 563. The van der Waals surface area contributed by atoms with Gasteiger partial charge < -0.3 is 14.5 Å². The van der Waals surface area contributed by atoms with Crippen LogP contribution in [0.4, 0.5) is 4.39 Å². The Morgan fingerprint density at radius 3 is 2.57 bits per heavy atom. The Kier molecular flexibility index (Phi) is 4.64. The first-order valence-electron chi connectivity index (χ1n) is 8.09. The first-order valence-corrected chi connectivity index (χ1v) is 8.09. The summed E-state index contributed by atoms with van der Waals surface area (Å²) in [4.78, 5) is 20.6. The third-order valence-corrected chi connectivity index (χ3v) is 5.28. The van der Waals surface area contributed by atoms with Gasteiger partial charge in [0.25, 0.3) is 5.91 Å². The van der Waals surface area contributed by atoms with Gasteiger partial charge >= 0.3 is 0 Å². The second kappa shape index (κ2) is 6.53. The van der Waals surface area contributed by atoms with Crippen molar-refractivity contribution in [2.24, 2.45) is 11.8 Å². The lowest BCUT2D eigenvalue weighted by molar-refractivity contribution is -0.0209. The fourth-order valence-electron chi connectivity index (χ4n) is 4.02. The molecule has 1 saturated carbocycles. The molecule has 3 rings (SSSR count). The monoisotopic (exact) mass is 321 g/mol. The van der Waals surface area contributed by atoms with Gasteiger partial charge in [0.2, 0.25) is 0 Å². The van der Waals surface area contributed by atoms with E-state index < -0.39 is 5.82 Å². The minimum atomic E-state index is -0.423. The van der Waals surface area contributed by atoms with E-state index in [4.69, 9.17) is 4.74 Å². The molecule has 1 aliphatic heterocycles. The number of halogens is 1. The normalized spacial score (nSPS) is 30.6. The average Bonchev–Trinajstić information content (AvgIpc) is 2.96. The third-order valence-electron chi connectivity index (χ3n) is 5.28. The largest absolute Gasteiger partial charge is 0.380 e. The van der Waals surface area contributed by atoms with Crippen LogP contribution in [0.5, 0.6) is 0 Å². The first-order chi connectivity index (χ1) is 11.0. The number of likely N-dealkylation sites (tertiary alicyclic amines) is 1. The molecule has 0 aromatic carbocycles. The Morgan fingerprint density at radius 2 is 2.00 bits per heavy atom. The van der Waals surface area contributed by atoms with Crippen LogP contribution < -0.4 is 0 Å². The number of hydrogen-bond donors (Lipinski definition) is 0. The Morgan fingerprint density at radius 1 is 1.30 bits per heavy atom. The lowest BCUT2D eigenvalue weighted by atomic mass is 9.77. The molecule has 0 radical (unpaired) electrons. The second-order valence-electron chi connectivity index (χ2n) is 6.87. The van der Waals surface area contributed by atoms with Crippen molar-refractivity contribution in [1.29, 1.82) is 0 Å². The first kappa shape index (κ1) is 16.3. The van der Waals surface area contributed by atoms with Crippen LogP contribution in [-0.4, -0.2) is 67.1 Å². The van der Waals surface area contributed by atoms with Crippen molar-refractivity contribution < 1.29 is 13.9 Å². The zero-order chi connectivity index (χ0) is 16.6. The lowest BCUT2D eigenvalue weighted by Crippen LogP contribution is -2.47. The van der Waals surface area contributed by atoms with E-state index in [0.29, 0.717) is 23.6 Å². The molecule has 6 heteroatoms. The molecule has 23 heavy (non-hydrogen) atoms. The summed E-state index contributed by atoms with van der Waals surface area (Å²) in [6.45, 7) is 1.49. The molecule has 1 aromatic rings. The summed E-state index contributed by atoms with van der Waals surface area (Å²) in [5.41, 5.74) is 0.317. The van der Waals surface area contributed by atoms with Gasteiger partial charge in [-0.15, -0.1) is 0 Å². The van der Waals surface area contributed by atoms with Gasteiger partial charge in [-0.3, -0.25) is 4.79 Å². The third kappa shape index (κ3) is 3.23. The SMILES string of the molecule is CO[C@@H]1C[C@H]2CN(C(=O)c3ccc(F)cn3)C[C@H]2C[C@H]1N(C)C. The zero-order valence-electron chi connectivity index (χ0n) is 13.9. The number of rotatable bonds is 3. The van der Waals surface area contributed by atoms with Gasteiger partial charge in [-0.1, -0.05) is 0 Å². The minimum absolute atomic E-state index is 0.102. The molecule has 126 valence electrons. The number of amides is 1.